The van der Waals surface area contributed by atoms with E-state index >= 15 is 0 Å². The summed E-state index contributed by atoms with van der Waals surface area (Å²) in [5, 5.41) is 23.5. The van der Waals surface area contributed by atoms with E-state index in [1.165, 1.54) is 4.70 Å². The Kier molecular flexibility index (Phi) is 6.28. The highest BCUT2D eigenvalue weighted by molar-refractivity contribution is 7.18. The Labute approximate surface area is 199 Å². The molecular weight excluding hydrogens is 434 g/mol. The van der Waals surface area contributed by atoms with Gasteiger partial charge in [-0.25, -0.2) is 10.4 Å². The SMILES string of the molecule is CCc1cc(C2NNC(C)C2c2nc3ccccc3s2)c(O)c(CN2CCN(C)CC2)c1O. The number of phenols is 2. The van der Waals surface area contributed by atoms with Crippen molar-refractivity contribution in [2.24, 2.45) is 0 Å². The van der Waals surface area contributed by atoms with Crippen molar-refractivity contribution in [3.63, 3.8) is 0 Å². The van der Waals surface area contributed by atoms with Crippen LogP contribution in [-0.2, 0) is 13.0 Å². The van der Waals surface area contributed by atoms with E-state index in [1.807, 2.05) is 31.2 Å². The lowest BCUT2D eigenvalue weighted by atomic mass is 9.87. The van der Waals surface area contributed by atoms with Crippen LogP contribution in [0.3, 0.4) is 0 Å². The number of piperazine rings is 1. The molecule has 0 spiro atoms. The smallest absolute Gasteiger partial charge is 0.128 e. The van der Waals surface area contributed by atoms with Crippen LogP contribution in [0.1, 0.15) is 47.5 Å². The molecule has 2 aliphatic heterocycles. The number of fused-ring (bicyclic) bond motifs is 1. The van der Waals surface area contributed by atoms with Crippen LogP contribution in [0, 0.1) is 0 Å². The summed E-state index contributed by atoms with van der Waals surface area (Å²) >= 11 is 1.71. The van der Waals surface area contributed by atoms with Crippen molar-refractivity contribution in [2.45, 2.75) is 44.8 Å². The quantitative estimate of drug-likeness (QED) is 0.458. The Bertz CT molecular complexity index is 1110. The van der Waals surface area contributed by atoms with Crippen molar-refractivity contribution < 1.29 is 10.2 Å². The maximum Gasteiger partial charge on any atom is 0.128 e. The molecule has 8 heteroatoms. The number of phenolic OH excluding ortho intramolecular Hbond substituents is 2. The third kappa shape index (κ3) is 4.22. The number of thiazole rings is 1. The van der Waals surface area contributed by atoms with Gasteiger partial charge in [-0.3, -0.25) is 10.3 Å². The number of aromatic nitrogens is 1. The van der Waals surface area contributed by atoms with Gasteiger partial charge in [0, 0.05) is 50.2 Å². The summed E-state index contributed by atoms with van der Waals surface area (Å²) < 4.78 is 1.17. The summed E-state index contributed by atoms with van der Waals surface area (Å²) in [6.07, 6.45) is 0.705. The molecular formula is C25H33N5O2S. The summed E-state index contributed by atoms with van der Waals surface area (Å²) in [7, 11) is 2.13. The summed E-state index contributed by atoms with van der Waals surface area (Å²) in [5.74, 6) is 0.496. The lowest BCUT2D eigenvalue weighted by Gasteiger charge is -2.33. The number of para-hydroxylation sites is 1. The second-order valence-corrected chi connectivity index (χ2v) is 10.4. The van der Waals surface area contributed by atoms with E-state index in [0.29, 0.717) is 18.5 Å². The van der Waals surface area contributed by atoms with Gasteiger partial charge in [-0.1, -0.05) is 19.1 Å². The highest BCUT2D eigenvalue weighted by Crippen LogP contribution is 2.46. The van der Waals surface area contributed by atoms with Gasteiger partial charge < -0.3 is 15.1 Å². The molecule has 0 saturated carbocycles. The van der Waals surface area contributed by atoms with Crippen LogP contribution in [0.4, 0.5) is 0 Å². The van der Waals surface area contributed by atoms with Gasteiger partial charge in [0.1, 0.15) is 16.5 Å². The second kappa shape index (κ2) is 9.19. The zero-order chi connectivity index (χ0) is 23.1. The normalized spacial score (nSPS) is 24.6. The highest BCUT2D eigenvalue weighted by atomic mass is 32.1. The van der Waals surface area contributed by atoms with Crippen LogP contribution in [-0.4, -0.2) is 64.3 Å². The molecule has 3 atom stereocenters. The van der Waals surface area contributed by atoms with Crippen LogP contribution in [0.25, 0.3) is 10.2 Å². The summed E-state index contributed by atoms with van der Waals surface area (Å²) in [4.78, 5) is 9.55. The fourth-order valence-corrected chi connectivity index (χ4v) is 6.25. The third-order valence-electron chi connectivity index (χ3n) is 7.13. The number of hydrogen-bond donors (Lipinski definition) is 4. The fraction of sp³-hybridized carbons (Fsp3) is 0.480. The van der Waals surface area contributed by atoms with Crippen LogP contribution in [0.5, 0.6) is 11.5 Å². The van der Waals surface area contributed by atoms with E-state index in [1.54, 1.807) is 11.3 Å². The molecule has 2 saturated heterocycles. The van der Waals surface area contributed by atoms with Gasteiger partial charge in [-0.15, -0.1) is 11.3 Å². The first-order valence-electron chi connectivity index (χ1n) is 11.8. The predicted octanol–water partition coefficient (Wildman–Crippen LogP) is 3.34. The van der Waals surface area contributed by atoms with Crippen molar-refractivity contribution in [3.05, 3.63) is 52.0 Å². The molecule has 0 bridgehead atoms. The highest BCUT2D eigenvalue weighted by Gasteiger charge is 2.39. The number of hydrogen-bond acceptors (Lipinski definition) is 8. The van der Waals surface area contributed by atoms with Crippen LogP contribution in [0.2, 0.25) is 0 Å². The minimum atomic E-state index is -0.141. The Morgan fingerprint density at radius 3 is 2.58 bits per heavy atom. The monoisotopic (exact) mass is 467 g/mol. The molecule has 176 valence electrons. The molecule has 0 aliphatic carbocycles. The van der Waals surface area contributed by atoms with Crippen molar-refractivity contribution >= 4 is 21.6 Å². The minimum absolute atomic E-state index is 0.0686. The number of hydrazine groups is 1. The summed E-state index contributed by atoms with van der Waals surface area (Å²) in [6.45, 7) is 8.58. The Morgan fingerprint density at radius 2 is 1.85 bits per heavy atom. The number of likely N-dealkylation sites (N-methyl/N-ethyl adjacent to an activating group) is 1. The average molecular weight is 468 g/mol. The largest absolute Gasteiger partial charge is 0.507 e. The van der Waals surface area contributed by atoms with Gasteiger partial charge in [-0.05, 0) is 44.2 Å². The first-order valence-corrected chi connectivity index (χ1v) is 12.6. The molecule has 4 N–H and O–H groups in total. The van der Waals surface area contributed by atoms with Crippen LogP contribution >= 0.6 is 11.3 Å². The number of aromatic hydroxyl groups is 2. The van der Waals surface area contributed by atoms with E-state index in [-0.39, 0.29) is 29.5 Å². The lowest BCUT2D eigenvalue weighted by molar-refractivity contribution is 0.146. The van der Waals surface area contributed by atoms with Gasteiger partial charge in [0.25, 0.3) is 0 Å². The minimum Gasteiger partial charge on any atom is -0.507 e. The van der Waals surface area contributed by atoms with E-state index in [9.17, 15) is 10.2 Å². The molecule has 5 rings (SSSR count). The lowest BCUT2D eigenvalue weighted by Crippen LogP contribution is -2.43. The fourth-order valence-electron chi connectivity index (χ4n) is 5.04. The first-order chi connectivity index (χ1) is 16.0. The molecule has 1 aromatic heterocycles. The third-order valence-corrected chi connectivity index (χ3v) is 8.27. The van der Waals surface area contributed by atoms with E-state index in [2.05, 4.69) is 40.7 Å². The number of benzene rings is 2. The topological polar surface area (TPSA) is 83.9 Å². The summed E-state index contributed by atoms with van der Waals surface area (Å²) in [5.41, 5.74) is 10.1. The van der Waals surface area contributed by atoms with Crippen LogP contribution in [0.15, 0.2) is 30.3 Å². The second-order valence-electron chi connectivity index (χ2n) is 9.33. The van der Waals surface area contributed by atoms with Gasteiger partial charge in [0.15, 0.2) is 0 Å². The number of nitrogens with one attached hydrogen (secondary N) is 2. The zero-order valence-corrected chi connectivity index (χ0v) is 20.3. The standard InChI is InChI=1S/C25H33N5O2S/c1-4-16-13-17(24(32)18(23(16)31)14-30-11-9-29(3)10-12-30)22-21(15(2)27-28-22)25-26-19-7-5-6-8-20(19)33-25/h5-8,13,15,21-22,27-28,31-32H,4,9-12,14H2,1-3H3. The predicted molar refractivity (Wildman–Crippen MR) is 133 cm³/mol. The van der Waals surface area contributed by atoms with Gasteiger partial charge in [0.2, 0.25) is 0 Å². The van der Waals surface area contributed by atoms with Gasteiger partial charge in [-0.2, -0.15) is 0 Å². The van der Waals surface area contributed by atoms with E-state index < -0.39 is 0 Å². The number of aryl methyl sites for hydroxylation is 1. The molecule has 7 nitrogen and oxygen atoms in total. The van der Waals surface area contributed by atoms with Crippen molar-refractivity contribution in [1.82, 2.24) is 25.6 Å². The first kappa shape index (κ1) is 22.6. The molecule has 3 aromatic rings. The Balaban J connectivity index is 1.53. The maximum absolute atomic E-state index is 11.4. The number of rotatable bonds is 5. The Hall–Kier alpha value is -2.23. The molecule has 2 aliphatic rings. The number of nitrogens with zero attached hydrogens (tertiary/aromatic N) is 3. The van der Waals surface area contributed by atoms with E-state index in [0.717, 1.165) is 47.8 Å². The molecule has 0 radical (unpaired) electrons. The zero-order valence-electron chi connectivity index (χ0n) is 19.5. The van der Waals surface area contributed by atoms with Gasteiger partial charge in [0.05, 0.1) is 21.8 Å². The van der Waals surface area contributed by atoms with E-state index in [4.69, 9.17) is 4.98 Å². The summed E-state index contributed by atoms with van der Waals surface area (Å²) in [6, 6.07) is 10.2. The van der Waals surface area contributed by atoms with Crippen molar-refractivity contribution in [1.29, 1.82) is 0 Å². The van der Waals surface area contributed by atoms with Gasteiger partial charge >= 0.3 is 0 Å². The molecule has 3 heterocycles. The molecule has 2 fully saturated rings. The van der Waals surface area contributed by atoms with Crippen molar-refractivity contribution in [3.8, 4) is 11.5 Å². The molecule has 33 heavy (non-hydrogen) atoms. The molecule has 0 amide bonds. The van der Waals surface area contributed by atoms with Crippen LogP contribution < -0.4 is 10.9 Å². The Morgan fingerprint density at radius 1 is 1.09 bits per heavy atom. The molecule has 3 unspecified atom stereocenters. The maximum atomic E-state index is 11.4. The molecule has 2 aromatic carbocycles. The van der Waals surface area contributed by atoms with Crippen molar-refractivity contribution in [2.75, 3.05) is 33.2 Å². The average Bonchev–Trinajstić information content (AvgIpc) is 3.41.